The second kappa shape index (κ2) is 2.81. The molecule has 2 N–H and O–H groups in total. The topological polar surface area (TPSA) is 78.9 Å². The van der Waals surface area contributed by atoms with E-state index in [2.05, 4.69) is 30.9 Å². The predicted octanol–water partition coefficient (Wildman–Crippen LogP) is 1.42. The van der Waals surface area contributed by atoms with Gasteiger partial charge in [0.15, 0.2) is 5.65 Å². The van der Waals surface area contributed by atoms with Crippen molar-refractivity contribution in [2.45, 2.75) is 0 Å². The summed E-state index contributed by atoms with van der Waals surface area (Å²) >= 11 is 3.11. The molecule has 2 heterocycles. The maximum absolute atomic E-state index is 10.8. The summed E-state index contributed by atoms with van der Waals surface area (Å²) in [5.41, 5.74) is 0.966. The summed E-state index contributed by atoms with van der Waals surface area (Å²) in [5.74, 6) is -1.02. The lowest BCUT2D eigenvalue weighted by molar-refractivity contribution is 0.0698. The number of hydrogen-bond acceptors (Lipinski definition) is 3. The van der Waals surface area contributed by atoms with Gasteiger partial charge in [-0.25, -0.2) is 14.8 Å². The Bertz CT molecular complexity index is 480. The molecule has 0 aliphatic rings. The van der Waals surface area contributed by atoms with Crippen LogP contribution in [-0.4, -0.2) is 26.0 Å². The molecular formula is C7H4BrN3O2. The van der Waals surface area contributed by atoms with Gasteiger partial charge in [-0.1, -0.05) is 0 Å². The van der Waals surface area contributed by atoms with E-state index in [1.807, 2.05) is 0 Å². The third kappa shape index (κ3) is 1.19. The van der Waals surface area contributed by atoms with Crippen LogP contribution < -0.4 is 0 Å². The Morgan fingerprint density at radius 2 is 2.31 bits per heavy atom. The van der Waals surface area contributed by atoms with Crippen LogP contribution in [0.15, 0.2) is 17.0 Å². The third-order valence-electron chi connectivity index (χ3n) is 1.62. The third-order valence-corrected chi connectivity index (χ3v) is 2.22. The number of H-pyrrole nitrogens is 1. The minimum Gasteiger partial charge on any atom is -0.478 e. The molecule has 66 valence electrons. The van der Waals surface area contributed by atoms with Crippen molar-refractivity contribution in [2.24, 2.45) is 0 Å². The molecule has 13 heavy (non-hydrogen) atoms. The normalized spacial score (nSPS) is 10.5. The van der Waals surface area contributed by atoms with Crippen molar-refractivity contribution in [3.8, 4) is 0 Å². The van der Waals surface area contributed by atoms with Crippen LogP contribution in [-0.2, 0) is 0 Å². The summed E-state index contributed by atoms with van der Waals surface area (Å²) in [5, 5.41) is 8.87. The molecule has 2 aromatic heterocycles. The fourth-order valence-electron chi connectivity index (χ4n) is 1.07. The standard InChI is InChI=1S/C7H4BrN3O2/c8-3-1-9-6-5(10-2-11-6)4(3)7(12)13/h1-2H,(H,12,13)(H,9,10,11). The zero-order valence-electron chi connectivity index (χ0n) is 6.28. The number of carbonyl (C=O) groups is 1. The quantitative estimate of drug-likeness (QED) is 0.792. The number of fused-ring (bicyclic) bond motifs is 1. The first kappa shape index (κ1) is 8.18. The molecule has 2 rings (SSSR count). The molecule has 0 aliphatic heterocycles. The number of imidazole rings is 1. The van der Waals surface area contributed by atoms with Crippen molar-refractivity contribution in [1.29, 1.82) is 0 Å². The van der Waals surface area contributed by atoms with Crippen LogP contribution in [0.25, 0.3) is 11.2 Å². The predicted molar refractivity (Wildman–Crippen MR) is 48.5 cm³/mol. The summed E-state index contributed by atoms with van der Waals surface area (Å²) < 4.78 is 0.430. The molecule has 2 aromatic rings. The minimum atomic E-state index is -1.02. The van der Waals surface area contributed by atoms with E-state index >= 15 is 0 Å². The molecule has 0 aromatic carbocycles. The monoisotopic (exact) mass is 241 g/mol. The van der Waals surface area contributed by atoms with E-state index in [1.165, 1.54) is 12.5 Å². The highest BCUT2D eigenvalue weighted by atomic mass is 79.9. The van der Waals surface area contributed by atoms with Gasteiger partial charge in [-0.05, 0) is 15.9 Å². The molecule has 0 unspecified atom stereocenters. The average Bonchev–Trinajstić information content (AvgIpc) is 2.50. The number of aromatic carboxylic acids is 1. The fraction of sp³-hybridized carbons (Fsp3) is 0. The Morgan fingerprint density at radius 3 is 3.00 bits per heavy atom. The number of carboxylic acids is 1. The summed E-state index contributed by atoms with van der Waals surface area (Å²) in [7, 11) is 0. The molecule has 0 bridgehead atoms. The first-order valence-corrected chi connectivity index (χ1v) is 4.20. The highest BCUT2D eigenvalue weighted by Gasteiger charge is 2.15. The van der Waals surface area contributed by atoms with Gasteiger partial charge in [-0.15, -0.1) is 0 Å². The Hall–Kier alpha value is -1.43. The van der Waals surface area contributed by atoms with Crippen molar-refractivity contribution >= 4 is 33.1 Å². The summed E-state index contributed by atoms with van der Waals surface area (Å²) in [4.78, 5) is 21.4. The van der Waals surface area contributed by atoms with Gasteiger partial charge < -0.3 is 10.1 Å². The molecule has 0 saturated carbocycles. The maximum atomic E-state index is 10.8. The second-order valence-electron chi connectivity index (χ2n) is 2.39. The van der Waals surface area contributed by atoms with Gasteiger partial charge in [0.2, 0.25) is 0 Å². The van der Waals surface area contributed by atoms with Gasteiger partial charge >= 0.3 is 5.97 Å². The van der Waals surface area contributed by atoms with Crippen LogP contribution in [0, 0.1) is 0 Å². The minimum absolute atomic E-state index is 0.131. The molecule has 6 heteroatoms. The zero-order chi connectivity index (χ0) is 9.42. The van der Waals surface area contributed by atoms with Crippen molar-refractivity contribution in [3.05, 3.63) is 22.6 Å². The Balaban J connectivity index is 2.88. The van der Waals surface area contributed by atoms with Gasteiger partial charge in [0.05, 0.1) is 10.8 Å². The lowest BCUT2D eigenvalue weighted by Crippen LogP contribution is -1.99. The molecule has 0 saturated heterocycles. The van der Waals surface area contributed by atoms with Gasteiger partial charge in [0.25, 0.3) is 0 Å². The van der Waals surface area contributed by atoms with Crippen LogP contribution in [0.2, 0.25) is 0 Å². The molecule has 0 radical (unpaired) electrons. The van der Waals surface area contributed by atoms with Crippen molar-refractivity contribution in [1.82, 2.24) is 15.0 Å². The first-order chi connectivity index (χ1) is 6.20. The van der Waals surface area contributed by atoms with Gasteiger partial charge in [-0.3, -0.25) is 0 Å². The SMILES string of the molecule is O=C(O)c1c(Br)cnc2[nH]cnc12. The van der Waals surface area contributed by atoms with Crippen LogP contribution in [0.5, 0.6) is 0 Å². The lowest BCUT2D eigenvalue weighted by atomic mass is 10.2. The van der Waals surface area contributed by atoms with Crippen molar-refractivity contribution in [3.63, 3.8) is 0 Å². The second-order valence-corrected chi connectivity index (χ2v) is 3.24. The fourth-order valence-corrected chi connectivity index (χ4v) is 1.53. The maximum Gasteiger partial charge on any atom is 0.339 e. The van der Waals surface area contributed by atoms with E-state index in [-0.39, 0.29) is 5.56 Å². The van der Waals surface area contributed by atoms with Crippen molar-refractivity contribution < 1.29 is 9.90 Å². The number of aromatic nitrogens is 3. The summed E-state index contributed by atoms with van der Waals surface area (Å²) in [6.07, 6.45) is 2.85. The molecule has 0 amide bonds. The number of nitrogens with zero attached hydrogens (tertiary/aromatic N) is 2. The largest absolute Gasteiger partial charge is 0.478 e. The van der Waals surface area contributed by atoms with E-state index in [1.54, 1.807) is 0 Å². The number of nitrogens with one attached hydrogen (secondary N) is 1. The summed E-state index contributed by atoms with van der Waals surface area (Å²) in [6, 6.07) is 0. The van der Waals surface area contributed by atoms with Crippen molar-refractivity contribution in [2.75, 3.05) is 0 Å². The lowest BCUT2D eigenvalue weighted by Gasteiger charge is -1.97. The Labute approximate surface area is 80.9 Å². The number of hydrogen-bond donors (Lipinski definition) is 2. The van der Waals surface area contributed by atoms with E-state index in [4.69, 9.17) is 5.11 Å². The number of carboxylic acid groups (broad SMARTS) is 1. The van der Waals surface area contributed by atoms with Crippen LogP contribution in [0.4, 0.5) is 0 Å². The molecule has 5 nitrogen and oxygen atoms in total. The van der Waals surface area contributed by atoms with E-state index in [9.17, 15) is 4.79 Å². The number of pyridine rings is 1. The van der Waals surface area contributed by atoms with E-state index in [0.717, 1.165) is 0 Å². The molecular weight excluding hydrogens is 238 g/mol. The highest BCUT2D eigenvalue weighted by Crippen LogP contribution is 2.21. The van der Waals surface area contributed by atoms with Crippen LogP contribution in [0.1, 0.15) is 10.4 Å². The molecule has 0 aliphatic carbocycles. The number of rotatable bonds is 1. The number of halogens is 1. The first-order valence-electron chi connectivity index (χ1n) is 3.41. The average molecular weight is 242 g/mol. The van der Waals surface area contributed by atoms with Gasteiger partial charge in [-0.2, -0.15) is 0 Å². The highest BCUT2D eigenvalue weighted by molar-refractivity contribution is 9.10. The molecule has 0 fully saturated rings. The van der Waals surface area contributed by atoms with Gasteiger partial charge in [0, 0.05) is 6.20 Å². The summed E-state index contributed by atoms with van der Waals surface area (Å²) in [6.45, 7) is 0. The van der Waals surface area contributed by atoms with E-state index in [0.29, 0.717) is 15.6 Å². The van der Waals surface area contributed by atoms with Gasteiger partial charge in [0.1, 0.15) is 11.1 Å². The zero-order valence-corrected chi connectivity index (χ0v) is 7.87. The van der Waals surface area contributed by atoms with Crippen LogP contribution in [0.3, 0.4) is 0 Å². The molecule has 0 atom stereocenters. The Kier molecular flexibility index (Phi) is 1.77. The van der Waals surface area contributed by atoms with E-state index < -0.39 is 5.97 Å². The molecule has 0 spiro atoms. The Morgan fingerprint density at radius 1 is 1.54 bits per heavy atom. The number of aromatic amines is 1. The van der Waals surface area contributed by atoms with Crippen LogP contribution >= 0.6 is 15.9 Å². The smallest absolute Gasteiger partial charge is 0.339 e.